The van der Waals surface area contributed by atoms with Gasteiger partial charge >= 0.3 is 0 Å². The summed E-state index contributed by atoms with van der Waals surface area (Å²) >= 11 is 0. The normalized spacial score (nSPS) is 41.8. The minimum absolute atomic E-state index is 0.0802. The average Bonchev–Trinajstić information content (AvgIpc) is 2.74. The Morgan fingerprint density at radius 1 is 1.20 bits per heavy atom. The second kappa shape index (κ2) is 3.91. The van der Waals surface area contributed by atoms with Crippen LogP contribution in [0.2, 0.25) is 0 Å². The quantitative estimate of drug-likeness (QED) is 0.631. The van der Waals surface area contributed by atoms with Crippen molar-refractivity contribution in [3.63, 3.8) is 0 Å². The summed E-state index contributed by atoms with van der Waals surface area (Å²) in [6.07, 6.45) is 14.6. The molecule has 0 heterocycles. The van der Waals surface area contributed by atoms with E-state index in [9.17, 15) is 9.59 Å². The van der Waals surface area contributed by atoms with Crippen molar-refractivity contribution in [2.75, 3.05) is 0 Å². The molecule has 0 spiro atoms. The molecule has 4 rings (SSSR count). The number of hydrogen-bond donors (Lipinski definition) is 0. The van der Waals surface area contributed by atoms with Gasteiger partial charge in [0, 0.05) is 23.7 Å². The maximum atomic E-state index is 12.2. The van der Waals surface area contributed by atoms with Crippen molar-refractivity contribution in [1.29, 1.82) is 0 Å². The van der Waals surface area contributed by atoms with Crippen LogP contribution in [0, 0.1) is 23.2 Å². The fourth-order valence-corrected chi connectivity index (χ4v) is 4.49. The molecule has 0 saturated heterocycles. The highest BCUT2D eigenvalue weighted by Gasteiger charge is 2.52. The SMILES string of the molecule is C[C@]12CC=C3[C@H]4C=CC(=O)C=C4C=C[C@H]3[C@@H]1CCC2=O. The lowest BCUT2D eigenvalue weighted by molar-refractivity contribution is -0.126. The van der Waals surface area contributed by atoms with E-state index in [2.05, 4.69) is 25.2 Å². The number of rotatable bonds is 0. The lowest BCUT2D eigenvalue weighted by Crippen LogP contribution is -2.39. The van der Waals surface area contributed by atoms with Crippen LogP contribution in [0.4, 0.5) is 0 Å². The number of allylic oxidation sites excluding steroid dienone is 8. The summed E-state index contributed by atoms with van der Waals surface area (Å²) in [5, 5.41) is 0. The molecule has 0 aliphatic heterocycles. The van der Waals surface area contributed by atoms with E-state index >= 15 is 0 Å². The number of carbonyl (C=O) groups is 2. The van der Waals surface area contributed by atoms with Gasteiger partial charge in [-0.25, -0.2) is 0 Å². The molecule has 0 aromatic heterocycles. The predicted molar refractivity (Wildman–Crippen MR) is 76.9 cm³/mol. The summed E-state index contributed by atoms with van der Waals surface area (Å²) in [7, 11) is 0. The number of ketones is 2. The van der Waals surface area contributed by atoms with Gasteiger partial charge in [-0.05, 0) is 36.5 Å². The number of Topliss-reactive ketones (excluding diaryl/α,β-unsaturated/α-hetero) is 1. The van der Waals surface area contributed by atoms with E-state index in [1.165, 1.54) is 5.57 Å². The summed E-state index contributed by atoms with van der Waals surface area (Å²) in [6.45, 7) is 2.14. The Morgan fingerprint density at radius 3 is 2.90 bits per heavy atom. The van der Waals surface area contributed by atoms with Gasteiger partial charge in [0.15, 0.2) is 5.78 Å². The third-order valence-electron chi connectivity index (χ3n) is 5.69. The monoisotopic (exact) mass is 266 g/mol. The molecule has 4 atom stereocenters. The predicted octanol–water partition coefficient (Wildman–Crippen LogP) is 3.17. The van der Waals surface area contributed by atoms with Gasteiger partial charge in [-0.15, -0.1) is 0 Å². The maximum absolute atomic E-state index is 12.2. The highest BCUT2D eigenvalue weighted by molar-refractivity contribution is 6.01. The van der Waals surface area contributed by atoms with Crippen molar-refractivity contribution in [2.24, 2.45) is 23.2 Å². The molecule has 1 fully saturated rings. The zero-order valence-corrected chi connectivity index (χ0v) is 11.6. The van der Waals surface area contributed by atoms with Gasteiger partial charge in [-0.3, -0.25) is 9.59 Å². The van der Waals surface area contributed by atoms with Crippen LogP contribution in [0.15, 0.2) is 47.6 Å². The molecule has 0 amide bonds. The van der Waals surface area contributed by atoms with Crippen molar-refractivity contribution >= 4 is 11.6 Å². The topological polar surface area (TPSA) is 34.1 Å². The second-order valence-electron chi connectivity index (χ2n) is 6.66. The van der Waals surface area contributed by atoms with Crippen LogP contribution < -0.4 is 0 Å². The molecule has 0 unspecified atom stereocenters. The van der Waals surface area contributed by atoms with Crippen molar-refractivity contribution in [2.45, 2.75) is 26.2 Å². The molecular weight excluding hydrogens is 248 g/mol. The molecule has 20 heavy (non-hydrogen) atoms. The second-order valence-corrected chi connectivity index (χ2v) is 6.66. The van der Waals surface area contributed by atoms with Crippen LogP contribution in [-0.4, -0.2) is 11.6 Å². The summed E-state index contributed by atoms with van der Waals surface area (Å²) in [5.41, 5.74) is 2.35. The number of fused-ring (bicyclic) bond motifs is 5. The Hall–Kier alpha value is -1.70. The van der Waals surface area contributed by atoms with Gasteiger partial charge in [-0.1, -0.05) is 36.8 Å². The number of carbonyl (C=O) groups excluding carboxylic acids is 2. The Balaban J connectivity index is 1.79. The summed E-state index contributed by atoms with van der Waals surface area (Å²) in [5.74, 6) is 1.58. The van der Waals surface area contributed by atoms with Crippen LogP contribution >= 0.6 is 0 Å². The summed E-state index contributed by atoms with van der Waals surface area (Å²) in [6, 6.07) is 0. The first-order valence-electron chi connectivity index (χ1n) is 7.45. The minimum atomic E-state index is -0.159. The van der Waals surface area contributed by atoms with E-state index in [-0.39, 0.29) is 17.1 Å². The van der Waals surface area contributed by atoms with E-state index in [4.69, 9.17) is 0 Å². The molecule has 0 aromatic carbocycles. The fourth-order valence-electron chi connectivity index (χ4n) is 4.49. The Morgan fingerprint density at radius 2 is 2.05 bits per heavy atom. The molecule has 0 aromatic rings. The van der Waals surface area contributed by atoms with E-state index in [0.29, 0.717) is 17.6 Å². The first-order valence-corrected chi connectivity index (χ1v) is 7.45. The van der Waals surface area contributed by atoms with E-state index in [0.717, 1.165) is 24.8 Å². The molecule has 4 aliphatic rings. The lowest BCUT2D eigenvalue weighted by Gasteiger charge is -2.43. The fraction of sp³-hybridized carbons (Fsp3) is 0.444. The molecule has 1 saturated carbocycles. The van der Waals surface area contributed by atoms with Gasteiger partial charge in [0.05, 0.1) is 0 Å². The standard InChI is InChI=1S/C18H18O2/c1-18-9-8-14-13-5-3-12(19)10-11(13)2-4-15(14)16(18)6-7-17(18)20/h2-5,8,10,13,15-16H,6-7,9H2,1H3/t13-,15+,16-,18-/m0/s1. The number of hydrogen-bond acceptors (Lipinski definition) is 2. The molecule has 2 heteroatoms. The summed E-state index contributed by atoms with van der Waals surface area (Å²) in [4.78, 5) is 23.7. The highest BCUT2D eigenvalue weighted by atomic mass is 16.1. The Kier molecular flexibility index (Phi) is 2.36. The highest BCUT2D eigenvalue weighted by Crippen LogP contribution is 2.55. The Bertz CT molecular complexity index is 632. The van der Waals surface area contributed by atoms with Crippen molar-refractivity contribution in [3.8, 4) is 0 Å². The molecule has 0 N–H and O–H groups in total. The zero-order valence-electron chi connectivity index (χ0n) is 11.6. The van der Waals surface area contributed by atoms with Gasteiger partial charge in [0.1, 0.15) is 5.78 Å². The van der Waals surface area contributed by atoms with Crippen LogP contribution in [-0.2, 0) is 9.59 Å². The maximum Gasteiger partial charge on any atom is 0.178 e. The van der Waals surface area contributed by atoms with Crippen LogP contribution in [0.1, 0.15) is 26.2 Å². The molecule has 102 valence electrons. The van der Waals surface area contributed by atoms with Crippen molar-refractivity contribution in [3.05, 3.63) is 47.6 Å². The van der Waals surface area contributed by atoms with E-state index < -0.39 is 0 Å². The third kappa shape index (κ3) is 1.45. The lowest BCUT2D eigenvalue weighted by atomic mass is 9.60. The smallest absolute Gasteiger partial charge is 0.178 e. The van der Waals surface area contributed by atoms with E-state index in [1.807, 2.05) is 6.08 Å². The van der Waals surface area contributed by atoms with Gasteiger partial charge < -0.3 is 0 Å². The molecule has 2 nitrogen and oxygen atoms in total. The molecule has 0 radical (unpaired) electrons. The van der Waals surface area contributed by atoms with Crippen molar-refractivity contribution < 1.29 is 9.59 Å². The van der Waals surface area contributed by atoms with E-state index in [1.54, 1.807) is 12.2 Å². The van der Waals surface area contributed by atoms with Crippen LogP contribution in [0.3, 0.4) is 0 Å². The first-order chi connectivity index (χ1) is 9.59. The van der Waals surface area contributed by atoms with Crippen molar-refractivity contribution in [1.82, 2.24) is 0 Å². The summed E-state index contributed by atoms with van der Waals surface area (Å²) < 4.78 is 0. The average molecular weight is 266 g/mol. The molecule has 4 aliphatic carbocycles. The minimum Gasteiger partial charge on any atom is -0.299 e. The molecular formula is C18H18O2. The van der Waals surface area contributed by atoms with Gasteiger partial charge in [0.2, 0.25) is 0 Å². The van der Waals surface area contributed by atoms with Gasteiger partial charge in [-0.2, -0.15) is 0 Å². The first kappa shape index (κ1) is 12.1. The van der Waals surface area contributed by atoms with Crippen LogP contribution in [0.5, 0.6) is 0 Å². The third-order valence-corrected chi connectivity index (χ3v) is 5.69. The zero-order chi connectivity index (χ0) is 13.9. The molecule has 0 bridgehead atoms. The Labute approximate surface area is 118 Å². The largest absolute Gasteiger partial charge is 0.299 e. The van der Waals surface area contributed by atoms with Crippen LogP contribution in [0.25, 0.3) is 0 Å². The van der Waals surface area contributed by atoms with Gasteiger partial charge in [0.25, 0.3) is 0 Å².